The van der Waals surface area contributed by atoms with Crippen LogP contribution in [-0.2, 0) is 6.54 Å². The number of carbonyl (C=O) groups is 1. The summed E-state index contributed by atoms with van der Waals surface area (Å²) in [7, 11) is 0. The highest BCUT2D eigenvalue weighted by Crippen LogP contribution is 2.22. The van der Waals surface area contributed by atoms with Crippen molar-refractivity contribution in [1.29, 1.82) is 0 Å². The summed E-state index contributed by atoms with van der Waals surface area (Å²) in [5.41, 5.74) is 2.60. The first-order valence-corrected chi connectivity index (χ1v) is 8.09. The van der Waals surface area contributed by atoms with Crippen molar-refractivity contribution in [3.8, 4) is 0 Å². The zero-order valence-corrected chi connectivity index (χ0v) is 13.9. The Kier molecular flexibility index (Phi) is 3.95. The van der Waals surface area contributed by atoms with E-state index in [9.17, 15) is 4.79 Å². The van der Waals surface area contributed by atoms with Gasteiger partial charge in [-0.3, -0.25) is 9.48 Å². The van der Waals surface area contributed by atoms with E-state index in [-0.39, 0.29) is 11.6 Å². The van der Waals surface area contributed by atoms with E-state index in [0.29, 0.717) is 22.8 Å². The number of pyridine rings is 1. The van der Waals surface area contributed by atoms with Crippen LogP contribution in [0.1, 0.15) is 16.1 Å². The SMILES string of the molecule is O=C(Nc1cnn(Cc2ccccc2)c1)c1nn2ccccc2c1Cl. The molecule has 7 heteroatoms. The fraction of sp³-hybridized carbons (Fsp3) is 0.0556. The number of fused-ring (bicyclic) bond motifs is 1. The second-order valence-corrected chi connectivity index (χ2v) is 5.94. The van der Waals surface area contributed by atoms with Gasteiger partial charge in [0.05, 0.1) is 29.0 Å². The maximum absolute atomic E-state index is 12.5. The van der Waals surface area contributed by atoms with Crippen LogP contribution in [0.4, 0.5) is 5.69 Å². The average molecular weight is 352 g/mol. The molecule has 1 aromatic carbocycles. The summed E-state index contributed by atoms with van der Waals surface area (Å²) in [6.07, 6.45) is 5.12. The Hall–Kier alpha value is -3.12. The van der Waals surface area contributed by atoms with E-state index < -0.39 is 0 Å². The number of benzene rings is 1. The molecular formula is C18H14ClN5O. The first-order valence-electron chi connectivity index (χ1n) is 7.71. The van der Waals surface area contributed by atoms with Crippen LogP contribution in [-0.4, -0.2) is 25.3 Å². The number of nitrogens with one attached hydrogen (secondary N) is 1. The number of amides is 1. The van der Waals surface area contributed by atoms with E-state index in [0.717, 1.165) is 5.56 Å². The highest BCUT2D eigenvalue weighted by molar-refractivity contribution is 6.37. The molecule has 0 aliphatic rings. The summed E-state index contributed by atoms with van der Waals surface area (Å²) in [6, 6.07) is 15.5. The molecule has 0 atom stereocenters. The van der Waals surface area contributed by atoms with Crippen molar-refractivity contribution >= 4 is 28.7 Å². The molecule has 0 radical (unpaired) electrons. The molecule has 1 N–H and O–H groups in total. The fourth-order valence-electron chi connectivity index (χ4n) is 2.59. The van der Waals surface area contributed by atoms with Gasteiger partial charge in [0.1, 0.15) is 0 Å². The highest BCUT2D eigenvalue weighted by atomic mass is 35.5. The Balaban J connectivity index is 1.52. The van der Waals surface area contributed by atoms with Crippen LogP contribution in [0.25, 0.3) is 5.52 Å². The summed E-state index contributed by atoms with van der Waals surface area (Å²) < 4.78 is 3.34. The van der Waals surface area contributed by atoms with Gasteiger partial charge in [0, 0.05) is 12.4 Å². The van der Waals surface area contributed by atoms with Gasteiger partial charge < -0.3 is 5.32 Å². The predicted octanol–water partition coefficient (Wildman–Crippen LogP) is 3.48. The Morgan fingerprint density at radius 2 is 1.92 bits per heavy atom. The lowest BCUT2D eigenvalue weighted by atomic mass is 10.2. The van der Waals surface area contributed by atoms with Crippen LogP contribution in [0.3, 0.4) is 0 Å². The van der Waals surface area contributed by atoms with E-state index in [1.165, 1.54) is 0 Å². The van der Waals surface area contributed by atoms with Gasteiger partial charge >= 0.3 is 0 Å². The van der Waals surface area contributed by atoms with Crippen LogP contribution >= 0.6 is 11.6 Å². The first-order chi connectivity index (χ1) is 12.2. The van der Waals surface area contributed by atoms with E-state index >= 15 is 0 Å². The number of anilines is 1. The van der Waals surface area contributed by atoms with Crippen LogP contribution in [0.5, 0.6) is 0 Å². The topological polar surface area (TPSA) is 64.2 Å². The summed E-state index contributed by atoms with van der Waals surface area (Å²) in [5.74, 6) is -0.368. The smallest absolute Gasteiger partial charge is 0.277 e. The van der Waals surface area contributed by atoms with Gasteiger partial charge in [-0.25, -0.2) is 4.52 Å². The van der Waals surface area contributed by atoms with E-state index in [1.54, 1.807) is 27.8 Å². The molecule has 124 valence electrons. The Morgan fingerprint density at radius 1 is 1.12 bits per heavy atom. The predicted molar refractivity (Wildman–Crippen MR) is 95.9 cm³/mol. The summed E-state index contributed by atoms with van der Waals surface area (Å²) in [5, 5.41) is 11.6. The van der Waals surface area contributed by atoms with Gasteiger partial charge in [0.15, 0.2) is 5.69 Å². The zero-order chi connectivity index (χ0) is 17.2. The highest BCUT2D eigenvalue weighted by Gasteiger charge is 2.18. The molecule has 3 heterocycles. The van der Waals surface area contributed by atoms with Gasteiger partial charge in [0.25, 0.3) is 5.91 Å². The first kappa shape index (κ1) is 15.4. The van der Waals surface area contributed by atoms with E-state index in [2.05, 4.69) is 15.5 Å². The standard InChI is InChI=1S/C18H14ClN5O/c19-16-15-8-4-5-9-24(15)22-17(16)18(25)21-14-10-20-23(12-14)11-13-6-2-1-3-7-13/h1-10,12H,11H2,(H,21,25). The number of aromatic nitrogens is 4. The largest absolute Gasteiger partial charge is 0.318 e. The molecule has 1 amide bonds. The molecule has 0 saturated heterocycles. The van der Waals surface area contributed by atoms with Crippen LogP contribution in [0, 0.1) is 0 Å². The molecule has 3 aromatic heterocycles. The molecule has 0 aliphatic carbocycles. The van der Waals surface area contributed by atoms with Gasteiger partial charge in [-0.15, -0.1) is 0 Å². The van der Waals surface area contributed by atoms with Gasteiger partial charge in [-0.2, -0.15) is 10.2 Å². The second-order valence-electron chi connectivity index (χ2n) is 5.56. The lowest BCUT2D eigenvalue weighted by molar-refractivity contribution is 0.102. The molecule has 4 aromatic rings. The van der Waals surface area contributed by atoms with Crippen LogP contribution < -0.4 is 5.32 Å². The molecule has 0 unspecified atom stereocenters. The van der Waals surface area contributed by atoms with Gasteiger partial charge in [-0.1, -0.05) is 48.0 Å². The number of nitrogens with zero attached hydrogens (tertiary/aromatic N) is 4. The molecule has 0 bridgehead atoms. The third kappa shape index (κ3) is 3.12. The quantitative estimate of drug-likeness (QED) is 0.612. The minimum Gasteiger partial charge on any atom is -0.318 e. The lowest BCUT2D eigenvalue weighted by Gasteiger charge is -2.01. The van der Waals surface area contributed by atoms with Crippen LogP contribution in [0.15, 0.2) is 67.1 Å². The number of hydrogen-bond acceptors (Lipinski definition) is 3. The zero-order valence-electron chi connectivity index (χ0n) is 13.1. The van der Waals surface area contributed by atoms with Crippen molar-refractivity contribution < 1.29 is 4.79 Å². The van der Waals surface area contributed by atoms with E-state index in [4.69, 9.17) is 11.6 Å². The molecule has 0 saturated carbocycles. The summed E-state index contributed by atoms with van der Waals surface area (Å²) in [4.78, 5) is 12.5. The fourth-order valence-corrected chi connectivity index (χ4v) is 2.86. The number of rotatable bonds is 4. The Morgan fingerprint density at radius 3 is 2.72 bits per heavy atom. The minimum atomic E-state index is -0.368. The molecular weight excluding hydrogens is 338 g/mol. The summed E-state index contributed by atoms with van der Waals surface area (Å²) >= 11 is 6.27. The number of hydrogen-bond donors (Lipinski definition) is 1. The van der Waals surface area contributed by atoms with Crippen molar-refractivity contribution in [3.05, 3.63) is 83.4 Å². The Bertz CT molecular complexity index is 1040. The molecule has 6 nitrogen and oxygen atoms in total. The lowest BCUT2D eigenvalue weighted by Crippen LogP contribution is -2.12. The van der Waals surface area contributed by atoms with Gasteiger partial charge in [0.2, 0.25) is 0 Å². The minimum absolute atomic E-state index is 0.184. The average Bonchev–Trinajstić information content (AvgIpc) is 3.20. The molecule has 0 aliphatic heterocycles. The van der Waals surface area contributed by atoms with Crippen LogP contribution in [0.2, 0.25) is 5.02 Å². The number of carbonyl (C=O) groups excluding carboxylic acids is 1. The van der Waals surface area contributed by atoms with Crippen molar-refractivity contribution in [2.75, 3.05) is 5.32 Å². The van der Waals surface area contributed by atoms with Crippen molar-refractivity contribution in [3.63, 3.8) is 0 Å². The molecule has 0 fully saturated rings. The monoisotopic (exact) mass is 351 g/mol. The molecule has 25 heavy (non-hydrogen) atoms. The maximum atomic E-state index is 12.5. The number of halogens is 1. The molecule has 0 spiro atoms. The van der Waals surface area contributed by atoms with Crippen molar-refractivity contribution in [2.45, 2.75) is 6.54 Å². The maximum Gasteiger partial charge on any atom is 0.277 e. The van der Waals surface area contributed by atoms with Crippen molar-refractivity contribution in [1.82, 2.24) is 19.4 Å². The third-order valence-corrected chi connectivity index (χ3v) is 4.15. The normalized spacial score (nSPS) is 10.9. The third-order valence-electron chi connectivity index (χ3n) is 3.77. The van der Waals surface area contributed by atoms with Gasteiger partial charge in [-0.05, 0) is 17.7 Å². The molecule has 4 rings (SSSR count). The summed E-state index contributed by atoms with van der Waals surface area (Å²) in [6.45, 7) is 0.631. The van der Waals surface area contributed by atoms with Crippen molar-refractivity contribution in [2.24, 2.45) is 0 Å². The second kappa shape index (κ2) is 6.41. The van der Waals surface area contributed by atoms with E-state index in [1.807, 2.05) is 48.5 Å². The Labute approximate surface area is 148 Å².